The topological polar surface area (TPSA) is 14.2 Å². The molecule has 0 atom stereocenters. The number of rotatable bonds is 3. The van der Waals surface area contributed by atoms with Crippen LogP contribution < -0.4 is 4.43 Å². The van der Waals surface area contributed by atoms with E-state index in [0.717, 1.165) is 5.75 Å². The maximum atomic E-state index is 6.56. The van der Waals surface area contributed by atoms with Crippen molar-refractivity contribution in [2.45, 2.75) is 77.8 Å². The second-order valence-electron chi connectivity index (χ2n) is 10.2. The quantitative estimate of drug-likeness (QED) is 0.447. The van der Waals surface area contributed by atoms with Gasteiger partial charge in [0.25, 0.3) is 0 Å². The molecule has 0 aliphatic carbocycles. The predicted molar refractivity (Wildman–Crippen MR) is 120 cm³/mol. The average molecular weight is 441 g/mol. The minimum atomic E-state index is -1.84. The summed E-state index contributed by atoms with van der Waals surface area (Å²) in [5.74, 6) is 1.00. The zero-order valence-electron chi connectivity index (χ0n) is 17.5. The van der Waals surface area contributed by atoms with Gasteiger partial charge in [-0.2, -0.15) is 0 Å². The minimum Gasteiger partial charge on any atom is -0.543 e. The fourth-order valence-electron chi connectivity index (χ4n) is 2.50. The van der Waals surface area contributed by atoms with Crippen LogP contribution in [0, 0.1) is 0 Å². The van der Waals surface area contributed by atoms with Gasteiger partial charge in [-0.15, -0.1) is 0 Å². The van der Waals surface area contributed by atoms with Crippen LogP contribution in [-0.4, -0.2) is 20.8 Å². The number of hydrogen-bond acceptors (Lipinski definition) is 1. The van der Waals surface area contributed by atoms with E-state index < -0.39 is 16.6 Å². The Hall–Kier alpha value is -0.526. The van der Waals surface area contributed by atoms with E-state index in [1.165, 1.54) is 15.4 Å². The Morgan fingerprint density at radius 3 is 1.96 bits per heavy atom. The molecular formula is C20H34BrNOSi2. The lowest BCUT2D eigenvalue weighted by molar-refractivity contribution is 0.492. The first kappa shape index (κ1) is 20.8. The summed E-state index contributed by atoms with van der Waals surface area (Å²) in [6.45, 7) is 23.4. The normalized spacial score (nSPS) is 14.2. The number of aromatic nitrogens is 1. The van der Waals surface area contributed by atoms with Crippen LogP contribution in [0.1, 0.15) is 41.5 Å². The minimum absolute atomic E-state index is 0.198. The van der Waals surface area contributed by atoms with Gasteiger partial charge in [-0.1, -0.05) is 54.6 Å². The Morgan fingerprint density at radius 2 is 1.48 bits per heavy atom. The van der Waals surface area contributed by atoms with Crippen molar-refractivity contribution < 1.29 is 4.43 Å². The molecule has 0 unspecified atom stereocenters. The summed E-state index contributed by atoms with van der Waals surface area (Å²) in [5.41, 5.74) is 1.29. The third-order valence-corrected chi connectivity index (χ3v) is 16.6. The van der Waals surface area contributed by atoms with Gasteiger partial charge in [-0.25, -0.2) is 0 Å². The van der Waals surface area contributed by atoms with Gasteiger partial charge in [0, 0.05) is 27.6 Å². The highest BCUT2D eigenvalue weighted by atomic mass is 79.9. The third kappa shape index (κ3) is 3.79. The average Bonchev–Trinajstić information content (AvgIpc) is 2.73. The first-order valence-corrected chi connectivity index (χ1v) is 15.7. The predicted octanol–water partition coefficient (Wildman–Crippen LogP) is 7.64. The molecule has 0 spiro atoms. The molecule has 1 aromatic heterocycles. The molecule has 0 fully saturated rings. The molecular weight excluding hydrogens is 406 g/mol. The van der Waals surface area contributed by atoms with Crippen molar-refractivity contribution >= 4 is 43.4 Å². The first-order valence-electron chi connectivity index (χ1n) is 9.08. The Labute approximate surface area is 164 Å². The largest absolute Gasteiger partial charge is 0.543 e. The molecule has 0 saturated carbocycles. The van der Waals surface area contributed by atoms with Crippen LogP contribution >= 0.6 is 15.9 Å². The molecule has 2 rings (SSSR count). The van der Waals surface area contributed by atoms with Gasteiger partial charge in [-0.05, 0) is 51.2 Å². The van der Waals surface area contributed by atoms with E-state index in [2.05, 4.69) is 112 Å². The Bertz CT molecular complexity index is 779. The molecule has 0 saturated heterocycles. The molecule has 2 aromatic rings. The molecule has 1 aromatic carbocycles. The van der Waals surface area contributed by atoms with Gasteiger partial charge >= 0.3 is 0 Å². The van der Waals surface area contributed by atoms with Crippen molar-refractivity contribution in [3.05, 3.63) is 28.9 Å². The molecule has 2 nitrogen and oxygen atoms in total. The smallest absolute Gasteiger partial charge is 0.250 e. The molecule has 0 aliphatic rings. The van der Waals surface area contributed by atoms with Gasteiger partial charge in [0.2, 0.25) is 8.32 Å². The zero-order chi connectivity index (χ0) is 19.4. The van der Waals surface area contributed by atoms with Crippen LogP contribution in [0.5, 0.6) is 5.75 Å². The maximum Gasteiger partial charge on any atom is 0.250 e. The Kier molecular flexibility index (Phi) is 5.21. The molecule has 1 heterocycles. The fourth-order valence-corrected chi connectivity index (χ4v) is 6.21. The van der Waals surface area contributed by atoms with E-state index in [9.17, 15) is 0 Å². The number of fused-ring (bicyclic) bond motifs is 1. The summed E-state index contributed by atoms with van der Waals surface area (Å²) in [7, 11) is -3.54. The van der Waals surface area contributed by atoms with E-state index >= 15 is 0 Å². The van der Waals surface area contributed by atoms with Crippen LogP contribution in [0.3, 0.4) is 0 Å². The van der Waals surface area contributed by atoms with E-state index in [0.29, 0.717) is 0 Å². The van der Waals surface area contributed by atoms with Crippen LogP contribution in [-0.2, 0) is 0 Å². The standard InChI is InChI=1S/C20H34BrNOSi2/c1-19(2,3)24(7,8)22-14-17(21)16-12-11-15(13-18(16)22)23-25(9,10)20(4,5)6/h11-14H,1-10H3. The summed E-state index contributed by atoms with van der Waals surface area (Å²) < 4.78 is 10.3. The highest BCUT2D eigenvalue weighted by Crippen LogP contribution is 2.42. The van der Waals surface area contributed by atoms with Crippen molar-refractivity contribution in [2.75, 3.05) is 0 Å². The Balaban J connectivity index is 2.59. The highest BCUT2D eigenvalue weighted by Gasteiger charge is 2.40. The van der Waals surface area contributed by atoms with E-state index in [1.807, 2.05) is 0 Å². The summed E-state index contributed by atoms with van der Waals surface area (Å²) in [5, 5.41) is 1.74. The molecule has 25 heavy (non-hydrogen) atoms. The van der Waals surface area contributed by atoms with Crippen molar-refractivity contribution in [1.29, 1.82) is 0 Å². The van der Waals surface area contributed by atoms with Gasteiger partial charge in [0.1, 0.15) is 5.75 Å². The second-order valence-corrected chi connectivity index (χ2v) is 20.9. The molecule has 0 aliphatic heterocycles. The van der Waals surface area contributed by atoms with Crippen LogP contribution in [0.15, 0.2) is 28.9 Å². The van der Waals surface area contributed by atoms with Gasteiger partial charge in [0.05, 0.1) is 0 Å². The highest BCUT2D eigenvalue weighted by molar-refractivity contribution is 9.10. The van der Waals surface area contributed by atoms with Crippen LogP contribution in [0.25, 0.3) is 10.9 Å². The number of halogens is 1. The van der Waals surface area contributed by atoms with Gasteiger partial charge in [0.15, 0.2) is 8.24 Å². The SMILES string of the molecule is CC(C)(C)[Si](C)(C)Oc1ccc2c(Br)cn([Si](C)(C)C(C)(C)C)c2c1. The molecule has 0 bridgehead atoms. The number of hydrogen-bond donors (Lipinski definition) is 0. The van der Waals surface area contributed by atoms with E-state index in [-0.39, 0.29) is 10.1 Å². The third-order valence-electron chi connectivity index (χ3n) is 6.35. The summed E-state index contributed by atoms with van der Waals surface area (Å²) in [6, 6.07) is 6.58. The molecule has 0 radical (unpaired) electrons. The summed E-state index contributed by atoms with van der Waals surface area (Å²) in [6.07, 6.45) is 2.28. The number of benzene rings is 1. The van der Waals surface area contributed by atoms with Crippen molar-refractivity contribution in [3.63, 3.8) is 0 Å². The first-order chi connectivity index (χ1) is 11.1. The zero-order valence-corrected chi connectivity index (χ0v) is 21.1. The molecule has 0 N–H and O–H groups in total. The van der Waals surface area contributed by atoms with E-state index in [1.54, 1.807) is 0 Å². The second kappa shape index (κ2) is 6.27. The number of nitrogens with zero attached hydrogens (tertiary/aromatic N) is 1. The van der Waals surface area contributed by atoms with Gasteiger partial charge < -0.3 is 8.66 Å². The van der Waals surface area contributed by atoms with Crippen LogP contribution in [0.2, 0.25) is 36.3 Å². The van der Waals surface area contributed by atoms with Crippen molar-refractivity contribution in [2.24, 2.45) is 0 Å². The van der Waals surface area contributed by atoms with Crippen molar-refractivity contribution in [3.8, 4) is 5.75 Å². The van der Waals surface area contributed by atoms with Gasteiger partial charge in [-0.3, -0.25) is 0 Å². The van der Waals surface area contributed by atoms with E-state index in [4.69, 9.17) is 4.43 Å². The van der Waals surface area contributed by atoms with Crippen LogP contribution in [0.4, 0.5) is 0 Å². The molecule has 140 valence electrons. The molecule has 5 heteroatoms. The lowest BCUT2D eigenvalue weighted by atomic mass is 10.2. The fraction of sp³-hybridized carbons (Fsp3) is 0.600. The monoisotopic (exact) mass is 439 g/mol. The Morgan fingerprint density at radius 1 is 0.920 bits per heavy atom. The lowest BCUT2D eigenvalue weighted by Gasteiger charge is -2.39. The molecule has 0 amide bonds. The summed E-state index contributed by atoms with van der Waals surface area (Å²) >= 11 is 3.76. The van der Waals surface area contributed by atoms with Crippen molar-refractivity contribution in [1.82, 2.24) is 4.23 Å². The summed E-state index contributed by atoms with van der Waals surface area (Å²) in [4.78, 5) is 0. The maximum absolute atomic E-state index is 6.56. The lowest BCUT2D eigenvalue weighted by Crippen LogP contribution is -2.45.